The lowest BCUT2D eigenvalue weighted by molar-refractivity contribution is -0.120. The van der Waals surface area contributed by atoms with Crippen molar-refractivity contribution in [1.82, 2.24) is 0 Å². The Labute approximate surface area is 183 Å². The number of halogens is 1. The highest BCUT2D eigenvalue weighted by molar-refractivity contribution is 7.11. The first-order valence-corrected chi connectivity index (χ1v) is 10.7. The van der Waals surface area contributed by atoms with E-state index in [1.54, 1.807) is 36.4 Å². The molecule has 7 heteroatoms. The molecule has 1 aliphatic heterocycles. The van der Waals surface area contributed by atoms with E-state index >= 15 is 0 Å². The molecule has 0 saturated carbocycles. The highest BCUT2D eigenvalue weighted by atomic mass is 32.1. The van der Waals surface area contributed by atoms with Gasteiger partial charge in [-0.15, -0.1) is 11.3 Å². The van der Waals surface area contributed by atoms with Crippen molar-refractivity contribution in [2.24, 2.45) is 5.92 Å². The first-order chi connectivity index (χ1) is 14.9. The van der Waals surface area contributed by atoms with E-state index in [2.05, 4.69) is 19.2 Å². The van der Waals surface area contributed by atoms with Gasteiger partial charge >= 0.3 is 0 Å². The van der Waals surface area contributed by atoms with Gasteiger partial charge in [-0.2, -0.15) is 0 Å². The zero-order valence-electron chi connectivity index (χ0n) is 17.1. The third-order valence-electron chi connectivity index (χ3n) is 4.62. The van der Waals surface area contributed by atoms with E-state index in [9.17, 15) is 14.0 Å². The second-order valence-corrected chi connectivity index (χ2v) is 8.45. The number of carbonyl (C=O) groups excluding carboxylic acids is 2. The number of hydrogen-bond donors (Lipinski definition) is 1. The van der Waals surface area contributed by atoms with Gasteiger partial charge in [-0.1, -0.05) is 26.0 Å². The van der Waals surface area contributed by atoms with Gasteiger partial charge < -0.3 is 10.1 Å². The van der Waals surface area contributed by atoms with Gasteiger partial charge in [0.15, 0.2) is 0 Å². The van der Waals surface area contributed by atoms with E-state index < -0.39 is 17.6 Å². The standard InChI is InChI=1S/C24H21FN2O3S/c1-15(2)14-30-19-10-8-18(9-11-19)27-23(28)21(20-7-4-12-31-20)22(24(27)29)26-17-6-3-5-16(25)13-17/h3-13,15,26H,14H2,1-2H3. The number of benzene rings is 2. The maximum atomic E-state index is 13.6. The lowest BCUT2D eigenvalue weighted by Crippen LogP contribution is -2.32. The number of hydrogen-bond acceptors (Lipinski definition) is 5. The Hall–Kier alpha value is -3.45. The van der Waals surface area contributed by atoms with Crippen LogP contribution in [0, 0.1) is 11.7 Å². The van der Waals surface area contributed by atoms with Gasteiger partial charge in [-0.25, -0.2) is 9.29 Å². The lowest BCUT2D eigenvalue weighted by atomic mass is 10.2. The molecule has 5 nitrogen and oxygen atoms in total. The summed E-state index contributed by atoms with van der Waals surface area (Å²) in [7, 11) is 0. The molecular weight excluding hydrogens is 415 g/mol. The van der Waals surface area contributed by atoms with Crippen LogP contribution in [0.2, 0.25) is 0 Å². The van der Waals surface area contributed by atoms with Crippen LogP contribution in [0.15, 0.2) is 71.7 Å². The van der Waals surface area contributed by atoms with Crippen LogP contribution in [-0.2, 0) is 9.59 Å². The molecule has 2 aromatic carbocycles. The van der Waals surface area contributed by atoms with E-state index in [1.165, 1.54) is 29.5 Å². The predicted molar refractivity (Wildman–Crippen MR) is 121 cm³/mol. The molecule has 3 aromatic rings. The SMILES string of the molecule is CC(C)COc1ccc(N2C(=O)C(Nc3cccc(F)c3)=C(c3cccs3)C2=O)cc1. The monoisotopic (exact) mass is 436 g/mol. The Morgan fingerprint density at radius 2 is 1.81 bits per heavy atom. The summed E-state index contributed by atoms with van der Waals surface area (Å²) in [6.07, 6.45) is 0. The highest BCUT2D eigenvalue weighted by Gasteiger charge is 2.40. The number of nitrogens with zero attached hydrogens (tertiary/aromatic N) is 1. The molecule has 0 atom stereocenters. The van der Waals surface area contributed by atoms with Crippen LogP contribution in [0.5, 0.6) is 5.75 Å². The van der Waals surface area contributed by atoms with Crippen LogP contribution in [0.25, 0.3) is 5.57 Å². The number of nitrogens with one attached hydrogen (secondary N) is 1. The fourth-order valence-electron chi connectivity index (χ4n) is 3.19. The van der Waals surface area contributed by atoms with Crippen molar-refractivity contribution in [3.05, 3.63) is 82.4 Å². The van der Waals surface area contributed by atoms with Crippen molar-refractivity contribution >= 4 is 40.1 Å². The smallest absolute Gasteiger partial charge is 0.282 e. The molecular formula is C24H21FN2O3S. The van der Waals surface area contributed by atoms with Crippen molar-refractivity contribution in [2.75, 3.05) is 16.8 Å². The fraction of sp³-hybridized carbons (Fsp3) is 0.167. The Morgan fingerprint density at radius 3 is 2.45 bits per heavy atom. The zero-order valence-corrected chi connectivity index (χ0v) is 17.9. The van der Waals surface area contributed by atoms with Crippen molar-refractivity contribution < 1.29 is 18.7 Å². The summed E-state index contributed by atoms with van der Waals surface area (Å²) in [5.74, 6) is -0.305. The van der Waals surface area contributed by atoms with E-state index in [0.717, 1.165) is 4.90 Å². The van der Waals surface area contributed by atoms with Crippen molar-refractivity contribution in [2.45, 2.75) is 13.8 Å². The van der Waals surface area contributed by atoms with Crippen LogP contribution in [0.4, 0.5) is 15.8 Å². The van der Waals surface area contributed by atoms with Crippen molar-refractivity contribution in [1.29, 1.82) is 0 Å². The molecule has 2 amide bonds. The summed E-state index contributed by atoms with van der Waals surface area (Å²) < 4.78 is 19.3. The maximum Gasteiger partial charge on any atom is 0.282 e. The van der Waals surface area contributed by atoms with Gasteiger partial charge in [0.05, 0.1) is 17.9 Å². The van der Waals surface area contributed by atoms with E-state index in [0.29, 0.717) is 34.5 Å². The fourth-order valence-corrected chi connectivity index (χ4v) is 3.96. The second-order valence-electron chi connectivity index (χ2n) is 7.51. The minimum Gasteiger partial charge on any atom is -0.493 e. The molecule has 0 saturated heterocycles. The molecule has 0 unspecified atom stereocenters. The minimum absolute atomic E-state index is 0.123. The molecule has 0 spiro atoms. The molecule has 0 fully saturated rings. The van der Waals surface area contributed by atoms with Gasteiger partial charge in [0.25, 0.3) is 11.8 Å². The average Bonchev–Trinajstić information content (AvgIpc) is 3.34. The third-order valence-corrected chi connectivity index (χ3v) is 5.51. The first kappa shape index (κ1) is 20.8. The molecule has 1 aliphatic rings. The molecule has 0 radical (unpaired) electrons. The Kier molecular flexibility index (Phi) is 5.86. The Bertz CT molecular complexity index is 1140. The van der Waals surface area contributed by atoms with E-state index in [-0.39, 0.29) is 11.3 Å². The lowest BCUT2D eigenvalue weighted by Gasteiger charge is -2.16. The number of imide groups is 1. The van der Waals surface area contributed by atoms with E-state index in [4.69, 9.17) is 4.74 Å². The molecule has 0 aliphatic carbocycles. The van der Waals surface area contributed by atoms with Crippen LogP contribution in [-0.4, -0.2) is 18.4 Å². The average molecular weight is 437 g/mol. The first-order valence-electron chi connectivity index (χ1n) is 9.86. The molecule has 0 bridgehead atoms. The van der Waals surface area contributed by atoms with Gasteiger partial charge in [0.1, 0.15) is 17.3 Å². The molecule has 158 valence electrons. The number of carbonyl (C=O) groups is 2. The minimum atomic E-state index is -0.492. The van der Waals surface area contributed by atoms with Gasteiger partial charge in [0, 0.05) is 10.6 Å². The second kappa shape index (κ2) is 8.73. The molecule has 1 aromatic heterocycles. The van der Waals surface area contributed by atoms with Crippen LogP contribution in [0.3, 0.4) is 0 Å². The number of anilines is 2. The summed E-state index contributed by atoms with van der Waals surface area (Å²) in [6, 6.07) is 16.2. The largest absolute Gasteiger partial charge is 0.493 e. The topological polar surface area (TPSA) is 58.6 Å². The molecule has 2 heterocycles. The number of amides is 2. The zero-order chi connectivity index (χ0) is 22.0. The van der Waals surface area contributed by atoms with Crippen LogP contribution in [0.1, 0.15) is 18.7 Å². The molecule has 31 heavy (non-hydrogen) atoms. The van der Waals surface area contributed by atoms with Crippen LogP contribution < -0.4 is 15.0 Å². The molecule has 4 rings (SSSR count). The summed E-state index contributed by atoms with van der Waals surface area (Å²) in [4.78, 5) is 28.4. The predicted octanol–water partition coefficient (Wildman–Crippen LogP) is 5.32. The summed E-state index contributed by atoms with van der Waals surface area (Å²) in [6.45, 7) is 4.69. The summed E-state index contributed by atoms with van der Waals surface area (Å²) in [5.41, 5.74) is 1.23. The van der Waals surface area contributed by atoms with E-state index in [1.807, 2.05) is 11.4 Å². The van der Waals surface area contributed by atoms with Gasteiger partial charge in [0.2, 0.25) is 0 Å². The van der Waals surface area contributed by atoms with Gasteiger partial charge in [-0.3, -0.25) is 9.59 Å². The third kappa shape index (κ3) is 4.36. The quantitative estimate of drug-likeness (QED) is 0.510. The Morgan fingerprint density at radius 1 is 1.03 bits per heavy atom. The number of rotatable bonds is 7. The Balaban J connectivity index is 1.66. The molecule has 1 N–H and O–H groups in total. The number of thiophene rings is 1. The van der Waals surface area contributed by atoms with Crippen molar-refractivity contribution in [3.63, 3.8) is 0 Å². The summed E-state index contributed by atoms with van der Waals surface area (Å²) >= 11 is 1.36. The van der Waals surface area contributed by atoms with Crippen molar-refractivity contribution in [3.8, 4) is 5.75 Å². The summed E-state index contributed by atoms with van der Waals surface area (Å²) in [5, 5.41) is 4.79. The number of ether oxygens (including phenoxy) is 1. The van der Waals surface area contributed by atoms with Crippen LogP contribution >= 0.6 is 11.3 Å². The normalized spacial score (nSPS) is 14.0. The highest BCUT2D eigenvalue weighted by Crippen LogP contribution is 2.36. The van der Waals surface area contributed by atoms with Gasteiger partial charge in [-0.05, 0) is 59.8 Å². The maximum absolute atomic E-state index is 13.6.